The van der Waals surface area contributed by atoms with Crippen molar-refractivity contribution in [3.8, 4) is 0 Å². The normalized spacial score (nSPS) is 14.3. The van der Waals surface area contributed by atoms with Gasteiger partial charge in [-0.25, -0.2) is 9.78 Å². The lowest BCUT2D eigenvalue weighted by molar-refractivity contribution is -0.151. The van der Waals surface area contributed by atoms with Crippen LogP contribution in [0.25, 0.3) is 0 Å². The Morgan fingerprint density at radius 2 is 2.41 bits per heavy atom. The number of ether oxygens (including phenoxy) is 2. The Bertz CT molecular complexity index is 342. The second-order valence-corrected chi connectivity index (χ2v) is 4.50. The van der Waals surface area contributed by atoms with Gasteiger partial charge in [-0.3, -0.25) is 5.32 Å². The van der Waals surface area contributed by atoms with Crippen molar-refractivity contribution in [1.82, 2.24) is 10.3 Å². The van der Waals surface area contributed by atoms with E-state index >= 15 is 0 Å². The summed E-state index contributed by atoms with van der Waals surface area (Å²) in [6.07, 6.45) is 1.68. The van der Waals surface area contributed by atoms with Crippen LogP contribution in [0.1, 0.15) is 18.9 Å². The molecule has 0 saturated heterocycles. The maximum atomic E-state index is 12.0. The standard InChI is InChI=1S/C11H18N2O3S/c1-4-16-10(14)11(2,13-5-7-15-3)9-12-6-8-17-9/h6,8,13H,4-5,7H2,1-3H3. The van der Waals surface area contributed by atoms with Gasteiger partial charge in [-0.2, -0.15) is 0 Å². The average molecular weight is 258 g/mol. The molecule has 17 heavy (non-hydrogen) atoms. The lowest BCUT2D eigenvalue weighted by Gasteiger charge is -2.26. The van der Waals surface area contributed by atoms with E-state index < -0.39 is 5.54 Å². The molecule has 6 heteroatoms. The van der Waals surface area contributed by atoms with E-state index in [-0.39, 0.29) is 5.97 Å². The van der Waals surface area contributed by atoms with Gasteiger partial charge < -0.3 is 9.47 Å². The summed E-state index contributed by atoms with van der Waals surface area (Å²) in [5.74, 6) is -0.314. The molecule has 1 aromatic rings. The molecule has 0 aromatic carbocycles. The summed E-state index contributed by atoms with van der Waals surface area (Å²) in [5, 5.41) is 5.67. The quantitative estimate of drug-likeness (QED) is 0.587. The molecule has 0 radical (unpaired) electrons. The highest BCUT2D eigenvalue weighted by molar-refractivity contribution is 7.09. The fourth-order valence-corrected chi connectivity index (χ4v) is 2.15. The van der Waals surface area contributed by atoms with Gasteiger partial charge >= 0.3 is 5.97 Å². The van der Waals surface area contributed by atoms with E-state index in [1.54, 1.807) is 27.2 Å². The maximum absolute atomic E-state index is 12.0. The van der Waals surface area contributed by atoms with Crippen molar-refractivity contribution in [3.05, 3.63) is 16.6 Å². The van der Waals surface area contributed by atoms with E-state index in [1.807, 2.05) is 5.38 Å². The van der Waals surface area contributed by atoms with Crippen LogP contribution in [0.5, 0.6) is 0 Å². The molecule has 1 aromatic heterocycles. The largest absolute Gasteiger partial charge is 0.464 e. The van der Waals surface area contributed by atoms with Gasteiger partial charge in [-0.15, -0.1) is 11.3 Å². The molecular weight excluding hydrogens is 240 g/mol. The van der Waals surface area contributed by atoms with Crippen molar-refractivity contribution in [3.63, 3.8) is 0 Å². The predicted molar refractivity (Wildman–Crippen MR) is 66.0 cm³/mol. The Balaban J connectivity index is 2.80. The van der Waals surface area contributed by atoms with Crippen molar-refractivity contribution in [1.29, 1.82) is 0 Å². The first kappa shape index (κ1) is 14.1. The van der Waals surface area contributed by atoms with Crippen LogP contribution in [0, 0.1) is 0 Å². The van der Waals surface area contributed by atoms with Crippen molar-refractivity contribution < 1.29 is 14.3 Å². The Kier molecular flexibility index (Phi) is 5.54. The SMILES string of the molecule is CCOC(=O)C(C)(NCCOC)c1nccs1. The molecule has 1 N–H and O–H groups in total. The van der Waals surface area contributed by atoms with Gasteiger partial charge in [-0.05, 0) is 13.8 Å². The zero-order chi connectivity index (χ0) is 12.7. The third-order valence-corrected chi connectivity index (χ3v) is 3.32. The number of esters is 1. The molecule has 0 bridgehead atoms. The number of hydrogen-bond acceptors (Lipinski definition) is 6. The van der Waals surface area contributed by atoms with Crippen LogP contribution in [-0.2, 0) is 19.8 Å². The molecule has 0 amide bonds. The second kappa shape index (κ2) is 6.68. The molecule has 1 rings (SSSR count). The van der Waals surface area contributed by atoms with Gasteiger partial charge in [0.25, 0.3) is 0 Å². The van der Waals surface area contributed by atoms with E-state index in [0.717, 1.165) is 0 Å². The van der Waals surface area contributed by atoms with Crippen LogP contribution in [0.15, 0.2) is 11.6 Å². The minimum Gasteiger partial charge on any atom is -0.464 e. The first-order chi connectivity index (χ1) is 8.15. The van der Waals surface area contributed by atoms with Gasteiger partial charge in [0.15, 0.2) is 5.54 Å². The molecule has 0 fully saturated rings. The number of carbonyl (C=O) groups excluding carboxylic acids is 1. The average Bonchev–Trinajstić information content (AvgIpc) is 2.83. The van der Waals surface area contributed by atoms with E-state index in [2.05, 4.69) is 10.3 Å². The minimum atomic E-state index is -0.900. The van der Waals surface area contributed by atoms with E-state index in [9.17, 15) is 4.79 Å². The summed E-state index contributed by atoms with van der Waals surface area (Å²) >= 11 is 1.43. The molecule has 0 aliphatic rings. The first-order valence-electron chi connectivity index (χ1n) is 5.46. The van der Waals surface area contributed by atoms with E-state index in [1.165, 1.54) is 11.3 Å². The van der Waals surface area contributed by atoms with Crippen molar-refractivity contribution in [2.75, 3.05) is 26.9 Å². The Morgan fingerprint density at radius 1 is 1.65 bits per heavy atom. The van der Waals surface area contributed by atoms with Crippen LogP contribution in [0.3, 0.4) is 0 Å². The van der Waals surface area contributed by atoms with Gasteiger partial charge in [-0.1, -0.05) is 0 Å². The zero-order valence-corrected chi connectivity index (χ0v) is 11.2. The molecule has 0 aliphatic carbocycles. The number of thiazole rings is 1. The van der Waals surface area contributed by atoms with Crippen LogP contribution in [0.4, 0.5) is 0 Å². The molecule has 5 nitrogen and oxygen atoms in total. The topological polar surface area (TPSA) is 60.5 Å². The molecule has 1 atom stereocenters. The fraction of sp³-hybridized carbons (Fsp3) is 0.636. The Morgan fingerprint density at radius 3 is 2.94 bits per heavy atom. The monoisotopic (exact) mass is 258 g/mol. The van der Waals surface area contributed by atoms with Crippen molar-refractivity contribution in [2.24, 2.45) is 0 Å². The number of methoxy groups -OCH3 is 1. The minimum absolute atomic E-state index is 0.314. The van der Waals surface area contributed by atoms with Crippen molar-refractivity contribution in [2.45, 2.75) is 19.4 Å². The summed E-state index contributed by atoms with van der Waals surface area (Å²) in [6.45, 7) is 5.01. The Hall–Kier alpha value is -0.980. The first-order valence-corrected chi connectivity index (χ1v) is 6.34. The van der Waals surface area contributed by atoms with Gasteiger partial charge in [0, 0.05) is 25.2 Å². The summed E-state index contributed by atoms with van der Waals surface area (Å²) in [6, 6.07) is 0. The number of carbonyl (C=O) groups is 1. The fourth-order valence-electron chi connectivity index (χ4n) is 1.38. The van der Waals surface area contributed by atoms with Gasteiger partial charge in [0.2, 0.25) is 0 Å². The number of aromatic nitrogens is 1. The number of nitrogens with one attached hydrogen (secondary N) is 1. The summed E-state index contributed by atoms with van der Waals surface area (Å²) in [5.41, 5.74) is -0.900. The zero-order valence-electron chi connectivity index (χ0n) is 10.4. The molecule has 1 unspecified atom stereocenters. The highest BCUT2D eigenvalue weighted by Crippen LogP contribution is 2.24. The van der Waals surface area contributed by atoms with Crippen LogP contribution < -0.4 is 5.32 Å². The lowest BCUT2D eigenvalue weighted by Crippen LogP contribution is -2.48. The summed E-state index contributed by atoms with van der Waals surface area (Å²) in [7, 11) is 1.62. The molecule has 0 saturated carbocycles. The van der Waals surface area contributed by atoms with Gasteiger partial charge in [0.1, 0.15) is 5.01 Å². The van der Waals surface area contributed by atoms with Crippen molar-refractivity contribution >= 4 is 17.3 Å². The third kappa shape index (κ3) is 3.49. The Labute approximate surface area is 105 Å². The third-order valence-electron chi connectivity index (χ3n) is 2.33. The molecule has 1 heterocycles. The highest BCUT2D eigenvalue weighted by Gasteiger charge is 2.38. The van der Waals surface area contributed by atoms with Crippen LogP contribution in [-0.4, -0.2) is 37.8 Å². The molecule has 0 aliphatic heterocycles. The van der Waals surface area contributed by atoms with E-state index in [4.69, 9.17) is 9.47 Å². The number of nitrogens with zero attached hydrogens (tertiary/aromatic N) is 1. The smallest absolute Gasteiger partial charge is 0.333 e. The molecular formula is C11H18N2O3S. The highest BCUT2D eigenvalue weighted by atomic mass is 32.1. The maximum Gasteiger partial charge on any atom is 0.333 e. The second-order valence-electron chi connectivity index (χ2n) is 3.60. The summed E-state index contributed by atoms with van der Waals surface area (Å²) in [4.78, 5) is 16.2. The molecule has 96 valence electrons. The molecule has 0 spiro atoms. The number of rotatable bonds is 7. The van der Waals surface area contributed by atoms with Gasteiger partial charge in [0.05, 0.1) is 13.2 Å². The van der Waals surface area contributed by atoms with Crippen LogP contribution >= 0.6 is 11.3 Å². The summed E-state index contributed by atoms with van der Waals surface area (Å²) < 4.78 is 10.0. The van der Waals surface area contributed by atoms with Crippen LogP contribution in [0.2, 0.25) is 0 Å². The lowest BCUT2D eigenvalue weighted by atomic mass is 10.0. The number of hydrogen-bond donors (Lipinski definition) is 1. The predicted octanol–water partition coefficient (Wildman–Crippen LogP) is 1.16. The van der Waals surface area contributed by atoms with E-state index in [0.29, 0.717) is 24.8 Å².